The van der Waals surface area contributed by atoms with E-state index in [-0.39, 0.29) is 17.5 Å². The molecule has 1 fully saturated rings. The van der Waals surface area contributed by atoms with Crippen molar-refractivity contribution in [3.63, 3.8) is 0 Å². The minimum atomic E-state index is -3.55. The third kappa shape index (κ3) is 3.98. The van der Waals surface area contributed by atoms with E-state index in [9.17, 15) is 8.42 Å². The van der Waals surface area contributed by atoms with Gasteiger partial charge in [-0.05, 0) is 37.8 Å². The number of hydrogen-bond acceptors (Lipinski definition) is 5. The van der Waals surface area contributed by atoms with E-state index in [4.69, 9.17) is 4.74 Å². The van der Waals surface area contributed by atoms with Crippen LogP contribution in [0.4, 0.5) is 0 Å². The lowest BCUT2D eigenvalue weighted by atomic mass is 10.1. The van der Waals surface area contributed by atoms with Crippen molar-refractivity contribution in [2.75, 3.05) is 6.61 Å². The summed E-state index contributed by atoms with van der Waals surface area (Å²) in [6.45, 7) is 2.67. The molecule has 128 valence electrons. The molecule has 0 aliphatic carbocycles. The van der Waals surface area contributed by atoms with Crippen molar-refractivity contribution in [3.8, 4) is 0 Å². The highest BCUT2D eigenvalue weighted by molar-refractivity contribution is 7.89. The molecule has 0 radical (unpaired) electrons. The van der Waals surface area contributed by atoms with Gasteiger partial charge >= 0.3 is 0 Å². The maximum Gasteiger partial charge on any atom is 0.241 e. The van der Waals surface area contributed by atoms with Crippen LogP contribution in [0.3, 0.4) is 0 Å². The molecule has 1 saturated heterocycles. The summed E-state index contributed by atoms with van der Waals surface area (Å²) < 4.78 is 33.0. The van der Waals surface area contributed by atoms with Gasteiger partial charge in [0.05, 0.1) is 4.90 Å². The molecule has 2 aromatic rings. The van der Waals surface area contributed by atoms with Gasteiger partial charge in [0, 0.05) is 31.1 Å². The van der Waals surface area contributed by atoms with E-state index in [1.165, 1.54) is 0 Å². The Hall–Kier alpha value is -1.83. The molecule has 1 aromatic heterocycles. The molecule has 1 aromatic carbocycles. The molecule has 0 bridgehead atoms. The summed E-state index contributed by atoms with van der Waals surface area (Å²) >= 11 is 0. The van der Waals surface area contributed by atoms with Crippen LogP contribution in [0, 0.1) is 6.92 Å². The first-order valence-electron chi connectivity index (χ1n) is 8.04. The molecule has 7 heteroatoms. The van der Waals surface area contributed by atoms with Crippen LogP contribution in [-0.4, -0.2) is 25.0 Å². The van der Waals surface area contributed by atoms with Gasteiger partial charge in [0.1, 0.15) is 6.10 Å². The predicted octanol–water partition coefficient (Wildman–Crippen LogP) is 2.51. The molecule has 0 saturated carbocycles. The maximum absolute atomic E-state index is 12.4. The second-order valence-electron chi connectivity index (χ2n) is 5.89. The largest absolute Gasteiger partial charge is 0.370 e. The summed E-state index contributed by atoms with van der Waals surface area (Å²) in [7, 11) is -3.55. The summed E-state index contributed by atoms with van der Waals surface area (Å²) in [5.74, 6) is 0.667. The van der Waals surface area contributed by atoms with Gasteiger partial charge in [-0.25, -0.2) is 23.1 Å². The molecule has 6 nitrogen and oxygen atoms in total. The highest BCUT2D eigenvalue weighted by Crippen LogP contribution is 2.24. The van der Waals surface area contributed by atoms with Gasteiger partial charge in [-0.3, -0.25) is 0 Å². The van der Waals surface area contributed by atoms with Crippen molar-refractivity contribution < 1.29 is 13.2 Å². The summed E-state index contributed by atoms with van der Waals surface area (Å²) in [5, 5.41) is 0. The van der Waals surface area contributed by atoms with Crippen LogP contribution >= 0.6 is 0 Å². The highest BCUT2D eigenvalue weighted by atomic mass is 32.2. The van der Waals surface area contributed by atoms with E-state index in [1.54, 1.807) is 37.5 Å². The molecule has 1 atom stereocenters. The number of sulfonamides is 1. The average Bonchev–Trinajstić information content (AvgIpc) is 2.61. The third-order valence-electron chi connectivity index (χ3n) is 4.04. The van der Waals surface area contributed by atoms with E-state index in [1.807, 2.05) is 6.07 Å². The smallest absolute Gasteiger partial charge is 0.241 e. The van der Waals surface area contributed by atoms with Gasteiger partial charge in [0.25, 0.3) is 0 Å². The van der Waals surface area contributed by atoms with Crippen molar-refractivity contribution in [1.29, 1.82) is 0 Å². The Balaban J connectivity index is 1.65. The Morgan fingerprint density at radius 3 is 2.62 bits per heavy atom. The van der Waals surface area contributed by atoms with Gasteiger partial charge in [-0.15, -0.1) is 0 Å². The van der Waals surface area contributed by atoms with Crippen LogP contribution in [0.1, 0.15) is 42.3 Å². The molecule has 1 aliphatic rings. The SMILES string of the molecule is Cc1ccccc1S(=O)(=O)NCc1cnc([C@@H]2CCCCO2)nc1. The molecule has 1 N–H and O–H groups in total. The Morgan fingerprint density at radius 2 is 1.96 bits per heavy atom. The van der Waals surface area contributed by atoms with Gasteiger partial charge in [0.15, 0.2) is 5.82 Å². The molecule has 0 spiro atoms. The number of nitrogens with one attached hydrogen (secondary N) is 1. The second-order valence-corrected chi connectivity index (χ2v) is 7.63. The molecule has 24 heavy (non-hydrogen) atoms. The summed E-state index contributed by atoms with van der Waals surface area (Å²) in [5.41, 5.74) is 1.43. The molecular weight excluding hydrogens is 326 g/mol. The fourth-order valence-corrected chi connectivity index (χ4v) is 3.94. The Labute approximate surface area is 142 Å². The fraction of sp³-hybridized carbons (Fsp3) is 0.412. The van der Waals surface area contributed by atoms with Crippen LogP contribution in [0.25, 0.3) is 0 Å². The normalized spacial score (nSPS) is 18.5. The molecule has 2 heterocycles. The highest BCUT2D eigenvalue weighted by Gasteiger charge is 2.19. The monoisotopic (exact) mass is 347 g/mol. The van der Waals surface area contributed by atoms with Crippen LogP contribution in [0.15, 0.2) is 41.6 Å². The topological polar surface area (TPSA) is 81.2 Å². The molecule has 3 rings (SSSR count). The zero-order valence-electron chi connectivity index (χ0n) is 13.6. The Kier molecular flexibility index (Phi) is 5.23. The maximum atomic E-state index is 12.4. The number of nitrogens with zero attached hydrogens (tertiary/aromatic N) is 2. The van der Waals surface area contributed by atoms with Crippen molar-refractivity contribution in [1.82, 2.24) is 14.7 Å². The average molecular weight is 347 g/mol. The Morgan fingerprint density at radius 1 is 1.21 bits per heavy atom. The first-order chi connectivity index (χ1) is 11.6. The van der Waals surface area contributed by atoms with Crippen LogP contribution in [0.2, 0.25) is 0 Å². The van der Waals surface area contributed by atoms with E-state index in [0.29, 0.717) is 17.0 Å². The minimum Gasteiger partial charge on any atom is -0.370 e. The Bertz CT molecular complexity index is 785. The number of ether oxygens (including phenoxy) is 1. The zero-order chi connectivity index (χ0) is 17.0. The van der Waals surface area contributed by atoms with Crippen LogP contribution in [-0.2, 0) is 21.3 Å². The standard InChI is InChI=1S/C17H21N3O3S/c1-13-6-2-3-8-16(13)24(21,22)20-12-14-10-18-17(19-11-14)15-7-4-5-9-23-15/h2-3,6,8,10-11,15,20H,4-5,7,9,12H2,1H3/t15-/m0/s1. The van der Waals surface area contributed by atoms with Gasteiger partial charge in [-0.1, -0.05) is 18.2 Å². The van der Waals surface area contributed by atoms with Gasteiger partial charge in [0.2, 0.25) is 10.0 Å². The number of benzene rings is 1. The number of rotatable bonds is 5. The fourth-order valence-electron chi connectivity index (χ4n) is 2.68. The summed E-state index contributed by atoms with van der Waals surface area (Å²) in [4.78, 5) is 8.93. The number of hydrogen-bond donors (Lipinski definition) is 1. The van der Waals surface area contributed by atoms with Crippen molar-refractivity contribution in [2.24, 2.45) is 0 Å². The lowest BCUT2D eigenvalue weighted by molar-refractivity contribution is 0.00940. The first-order valence-corrected chi connectivity index (χ1v) is 9.52. The zero-order valence-corrected chi connectivity index (χ0v) is 14.4. The lowest BCUT2D eigenvalue weighted by Gasteiger charge is -2.21. The first kappa shape index (κ1) is 17.0. The van der Waals surface area contributed by atoms with E-state index in [0.717, 1.165) is 25.9 Å². The van der Waals surface area contributed by atoms with Crippen LogP contribution < -0.4 is 4.72 Å². The molecule has 1 aliphatic heterocycles. The lowest BCUT2D eigenvalue weighted by Crippen LogP contribution is -2.24. The van der Waals surface area contributed by atoms with E-state index < -0.39 is 10.0 Å². The molecular formula is C17H21N3O3S. The summed E-state index contributed by atoms with van der Waals surface area (Å²) in [6.07, 6.45) is 6.39. The third-order valence-corrected chi connectivity index (χ3v) is 5.60. The molecule has 0 unspecified atom stereocenters. The van der Waals surface area contributed by atoms with E-state index >= 15 is 0 Å². The summed E-state index contributed by atoms with van der Waals surface area (Å²) in [6, 6.07) is 6.90. The van der Waals surface area contributed by atoms with Gasteiger partial charge in [-0.2, -0.15) is 0 Å². The number of aromatic nitrogens is 2. The van der Waals surface area contributed by atoms with Gasteiger partial charge < -0.3 is 4.74 Å². The number of aryl methyl sites for hydroxylation is 1. The van der Waals surface area contributed by atoms with Crippen molar-refractivity contribution in [2.45, 2.75) is 43.7 Å². The van der Waals surface area contributed by atoms with Crippen molar-refractivity contribution >= 4 is 10.0 Å². The quantitative estimate of drug-likeness (QED) is 0.899. The van der Waals surface area contributed by atoms with E-state index in [2.05, 4.69) is 14.7 Å². The van der Waals surface area contributed by atoms with Crippen LogP contribution in [0.5, 0.6) is 0 Å². The minimum absolute atomic E-state index is 0.0449. The second kappa shape index (κ2) is 7.38. The van der Waals surface area contributed by atoms with Crippen molar-refractivity contribution in [3.05, 3.63) is 53.6 Å². The molecule has 0 amide bonds. The predicted molar refractivity (Wildman–Crippen MR) is 89.8 cm³/mol.